The Morgan fingerprint density at radius 1 is 1.10 bits per heavy atom. The predicted octanol–water partition coefficient (Wildman–Crippen LogP) is 3.59. The van der Waals surface area contributed by atoms with Crippen molar-refractivity contribution in [3.05, 3.63) is 0 Å². The van der Waals surface area contributed by atoms with Gasteiger partial charge < -0.3 is 10.0 Å². The van der Waals surface area contributed by atoms with Crippen molar-refractivity contribution in [3.8, 4) is 0 Å². The van der Waals surface area contributed by atoms with Crippen LogP contribution >= 0.6 is 0 Å². The molecule has 1 fully saturated rings. The fraction of sp³-hybridized carbons (Fsp3) is 0.875. The average Bonchev–Trinajstić information content (AvgIpc) is 2.78. The summed E-state index contributed by atoms with van der Waals surface area (Å²) in [5.41, 5.74) is 0. The monoisotopic (exact) mass is 283 g/mol. The zero-order chi connectivity index (χ0) is 14.8. The first-order valence-electron chi connectivity index (χ1n) is 8.19. The largest absolute Gasteiger partial charge is 0.480 e. The van der Waals surface area contributed by atoms with E-state index in [1.54, 1.807) is 4.90 Å². The maximum Gasteiger partial charge on any atom is 0.326 e. The Balaban J connectivity index is 2.03. The van der Waals surface area contributed by atoms with Crippen LogP contribution in [0, 0.1) is 0 Å². The number of carbonyl (C=O) groups excluding carboxylic acids is 1. The Morgan fingerprint density at radius 3 is 2.20 bits per heavy atom. The number of aliphatic carboxylic acids is 1. The van der Waals surface area contributed by atoms with Gasteiger partial charge in [0.15, 0.2) is 0 Å². The van der Waals surface area contributed by atoms with Crippen molar-refractivity contribution >= 4 is 11.9 Å². The van der Waals surface area contributed by atoms with Crippen LogP contribution < -0.4 is 0 Å². The van der Waals surface area contributed by atoms with Gasteiger partial charge in [0, 0.05) is 13.0 Å². The minimum Gasteiger partial charge on any atom is -0.480 e. The molecular weight excluding hydrogens is 254 g/mol. The second-order valence-corrected chi connectivity index (χ2v) is 5.81. The fourth-order valence-electron chi connectivity index (χ4n) is 2.86. The van der Waals surface area contributed by atoms with E-state index in [1.165, 1.54) is 44.9 Å². The van der Waals surface area contributed by atoms with Crippen LogP contribution in [0.2, 0.25) is 0 Å². The van der Waals surface area contributed by atoms with E-state index in [4.69, 9.17) is 5.11 Å². The van der Waals surface area contributed by atoms with Gasteiger partial charge in [0.25, 0.3) is 0 Å². The summed E-state index contributed by atoms with van der Waals surface area (Å²) in [6.07, 6.45) is 12.0. The third kappa shape index (κ3) is 5.93. The van der Waals surface area contributed by atoms with Crippen LogP contribution in [0.15, 0.2) is 0 Å². The Bertz CT molecular complexity index is 304. The molecule has 20 heavy (non-hydrogen) atoms. The van der Waals surface area contributed by atoms with Gasteiger partial charge in [0.2, 0.25) is 5.91 Å². The zero-order valence-corrected chi connectivity index (χ0v) is 12.8. The molecule has 0 radical (unpaired) electrons. The maximum absolute atomic E-state index is 11.6. The number of likely N-dealkylation sites (tertiary alicyclic amines) is 1. The lowest BCUT2D eigenvalue weighted by atomic mass is 10.1. The molecule has 0 aromatic heterocycles. The molecule has 1 amide bonds. The molecule has 1 rings (SSSR count). The average molecular weight is 283 g/mol. The summed E-state index contributed by atoms with van der Waals surface area (Å²) in [5.74, 6) is -0.844. The molecule has 4 nitrogen and oxygen atoms in total. The smallest absolute Gasteiger partial charge is 0.326 e. The summed E-state index contributed by atoms with van der Waals surface area (Å²) < 4.78 is 0. The van der Waals surface area contributed by atoms with Crippen molar-refractivity contribution < 1.29 is 14.7 Å². The van der Waals surface area contributed by atoms with Crippen molar-refractivity contribution in [3.63, 3.8) is 0 Å². The SMILES string of the molecule is CCCCCCCCCCCN1C(=O)CCC1C(=O)O. The van der Waals surface area contributed by atoms with E-state index >= 15 is 0 Å². The van der Waals surface area contributed by atoms with Gasteiger partial charge in [-0.3, -0.25) is 4.79 Å². The summed E-state index contributed by atoms with van der Waals surface area (Å²) in [5, 5.41) is 9.05. The van der Waals surface area contributed by atoms with Crippen molar-refractivity contribution in [2.24, 2.45) is 0 Å². The highest BCUT2D eigenvalue weighted by molar-refractivity contribution is 5.87. The van der Waals surface area contributed by atoms with Crippen LogP contribution in [-0.2, 0) is 9.59 Å². The number of nitrogens with zero attached hydrogens (tertiary/aromatic N) is 1. The molecule has 0 aliphatic carbocycles. The van der Waals surface area contributed by atoms with Crippen LogP contribution in [0.3, 0.4) is 0 Å². The predicted molar refractivity (Wildman–Crippen MR) is 79.6 cm³/mol. The minimum absolute atomic E-state index is 0.0111. The lowest BCUT2D eigenvalue weighted by molar-refractivity contribution is -0.146. The van der Waals surface area contributed by atoms with Crippen molar-refractivity contribution in [1.29, 1.82) is 0 Å². The van der Waals surface area contributed by atoms with Crippen molar-refractivity contribution in [2.75, 3.05) is 6.54 Å². The Morgan fingerprint density at radius 2 is 1.65 bits per heavy atom. The summed E-state index contributed by atoms with van der Waals surface area (Å²) >= 11 is 0. The van der Waals surface area contributed by atoms with E-state index in [1.807, 2.05) is 0 Å². The van der Waals surface area contributed by atoms with Crippen LogP contribution in [0.1, 0.15) is 77.6 Å². The molecule has 1 N–H and O–H groups in total. The molecule has 116 valence electrons. The minimum atomic E-state index is -0.855. The van der Waals surface area contributed by atoms with E-state index in [-0.39, 0.29) is 5.91 Å². The number of amides is 1. The first-order valence-corrected chi connectivity index (χ1v) is 8.19. The Kier molecular flexibility index (Phi) is 8.31. The van der Waals surface area contributed by atoms with E-state index in [9.17, 15) is 9.59 Å². The molecule has 0 bridgehead atoms. The molecule has 4 heteroatoms. The molecule has 1 atom stereocenters. The molecule has 1 aliphatic rings. The number of hydrogen-bond acceptors (Lipinski definition) is 2. The molecule has 0 aromatic rings. The lowest BCUT2D eigenvalue weighted by Gasteiger charge is -2.21. The number of rotatable bonds is 11. The Labute approximate surface area is 122 Å². The quantitative estimate of drug-likeness (QED) is 0.589. The molecule has 1 aliphatic heterocycles. The second-order valence-electron chi connectivity index (χ2n) is 5.81. The molecule has 1 unspecified atom stereocenters. The first-order chi connectivity index (χ1) is 9.66. The normalized spacial score (nSPS) is 18.8. The molecule has 0 aromatic carbocycles. The third-order valence-corrected chi connectivity index (χ3v) is 4.12. The fourth-order valence-corrected chi connectivity index (χ4v) is 2.86. The highest BCUT2D eigenvalue weighted by Gasteiger charge is 2.35. The highest BCUT2D eigenvalue weighted by atomic mass is 16.4. The lowest BCUT2D eigenvalue weighted by Crippen LogP contribution is -2.39. The topological polar surface area (TPSA) is 57.6 Å². The van der Waals surface area contributed by atoms with Crippen LogP contribution in [-0.4, -0.2) is 34.5 Å². The number of carboxylic acids is 1. The molecule has 0 spiro atoms. The Hall–Kier alpha value is -1.06. The van der Waals surface area contributed by atoms with Gasteiger partial charge in [0.1, 0.15) is 6.04 Å². The summed E-state index contributed by atoms with van der Waals surface area (Å²) in [4.78, 5) is 24.2. The number of carbonyl (C=O) groups is 2. The van der Waals surface area contributed by atoms with Crippen LogP contribution in [0.25, 0.3) is 0 Å². The van der Waals surface area contributed by atoms with Gasteiger partial charge in [0.05, 0.1) is 0 Å². The number of unbranched alkanes of at least 4 members (excludes halogenated alkanes) is 8. The molecule has 1 heterocycles. The molecule has 1 saturated heterocycles. The number of carboxylic acid groups (broad SMARTS) is 1. The van der Waals surface area contributed by atoms with Gasteiger partial charge >= 0.3 is 5.97 Å². The van der Waals surface area contributed by atoms with Crippen molar-refractivity contribution in [2.45, 2.75) is 83.6 Å². The molecular formula is C16H29NO3. The van der Waals surface area contributed by atoms with E-state index in [2.05, 4.69) is 6.92 Å². The highest BCUT2D eigenvalue weighted by Crippen LogP contribution is 2.20. The first kappa shape index (κ1) is 17.0. The van der Waals surface area contributed by atoms with Gasteiger partial charge in [-0.25, -0.2) is 4.79 Å². The standard InChI is InChI=1S/C16H29NO3/c1-2-3-4-5-6-7-8-9-10-13-17-14(16(19)20)11-12-15(17)18/h14H,2-13H2,1H3,(H,19,20). The summed E-state index contributed by atoms with van der Waals surface area (Å²) in [7, 11) is 0. The summed E-state index contributed by atoms with van der Waals surface area (Å²) in [6, 6.07) is -0.573. The van der Waals surface area contributed by atoms with Gasteiger partial charge in [-0.1, -0.05) is 58.3 Å². The van der Waals surface area contributed by atoms with Crippen LogP contribution in [0.4, 0.5) is 0 Å². The van der Waals surface area contributed by atoms with E-state index in [0.29, 0.717) is 19.4 Å². The van der Waals surface area contributed by atoms with E-state index < -0.39 is 12.0 Å². The van der Waals surface area contributed by atoms with E-state index in [0.717, 1.165) is 12.8 Å². The van der Waals surface area contributed by atoms with Gasteiger partial charge in [-0.05, 0) is 12.8 Å². The second kappa shape index (κ2) is 9.78. The summed E-state index contributed by atoms with van der Waals surface area (Å²) in [6.45, 7) is 2.84. The van der Waals surface area contributed by atoms with Gasteiger partial charge in [-0.15, -0.1) is 0 Å². The zero-order valence-electron chi connectivity index (χ0n) is 12.8. The maximum atomic E-state index is 11.6. The molecule has 0 saturated carbocycles. The van der Waals surface area contributed by atoms with Crippen molar-refractivity contribution in [1.82, 2.24) is 4.90 Å². The third-order valence-electron chi connectivity index (χ3n) is 4.12. The van der Waals surface area contributed by atoms with Crippen LogP contribution in [0.5, 0.6) is 0 Å². The number of hydrogen-bond donors (Lipinski definition) is 1. The van der Waals surface area contributed by atoms with Gasteiger partial charge in [-0.2, -0.15) is 0 Å².